The number of benzene rings is 2. The van der Waals surface area contributed by atoms with Crippen LogP contribution in [0.1, 0.15) is 53.9 Å². The molecule has 3 atom stereocenters. The van der Waals surface area contributed by atoms with Crippen LogP contribution in [0.5, 0.6) is 0 Å². The minimum Gasteiger partial charge on any atom is -0.466 e. The molecule has 2 aromatic carbocycles. The topological polar surface area (TPSA) is 35.5 Å². The van der Waals surface area contributed by atoms with Crippen molar-refractivity contribution in [1.29, 1.82) is 0 Å². The molecule has 1 fully saturated rings. The van der Waals surface area contributed by atoms with E-state index in [0.29, 0.717) is 30.8 Å². The Morgan fingerprint density at radius 2 is 1.58 bits per heavy atom. The highest BCUT2D eigenvalue weighted by Gasteiger charge is 2.52. The number of rotatable bonds is 10. The van der Waals surface area contributed by atoms with Crippen LogP contribution in [0.25, 0.3) is 0 Å². The Morgan fingerprint density at radius 3 is 2.06 bits per heavy atom. The van der Waals surface area contributed by atoms with Gasteiger partial charge in [-0.25, -0.2) is 0 Å². The fraction of sp³-hybridized carbons (Fsp3) is 0.519. The fourth-order valence-corrected chi connectivity index (χ4v) is 9.57. The zero-order valence-electron chi connectivity index (χ0n) is 19.8. The molecule has 0 amide bonds. The first-order chi connectivity index (χ1) is 14.8. The Bertz CT molecular complexity index is 789. The Labute approximate surface area is 189 Å². The summed E-state index contributed by atoms with van der Waals surface area (Å²) >= 11 is 0. The van der Waals surface area contributed by atoms with E-state index >= 15 is 0 Å². The van der Waals surface area contributed by atoms with Gasteiger partial charge >= 0.3 is 5.97 Å². The lowest BCUT2D eigenvalue weighted by Gasteiger charge is -2.43. The molecular weight excluding hydrogens is 400 g/mol. The maximum Gasteiger partial charge on any atom is 0.305 e. The van der Waals surface area contributed by atoms with Gasteiger partial charge in [-0.2, -0.15) is 0 Å². The average Bonchev–Trinajstić information content (AvgIpc) is 3.53. The second-order valence-corrected chi connectivity index (χ2v) is 14.3. The highest BCUT2D eigenvalue weighted by Crippen LogP contribution is 2.47. The lowest BCUT2D eigenvalue weighted by atomic mass is 9.99. The standard InChI is InChI=1S/C27H38O3Si/c1-6-29-26(28)18-17-21(2)25-19-22(25)20-30-31(27(3,4)5,23-13-9-7-10-14-23)24-15-11-8-12-16-24/h7-16,21-22,25H,6,17-20H2,1-5H3/t21-,22-,25+/m0/s1. The van der Waals surface area contributed by atoms with Crippen LogP contribution in [0, 0.1) is 17.8 Å². The van der Waals surface area contributed by atoms with Crippen molar-refractivity contribution in [2.75, 3.05) is 13.2 Å². The monoisotopic (exact) mass is 438 g/mol. The molecule has 0 aliphatic heterocycles. The molecule has 31 heavy (non-hydrogen) atoms. The van der Waals surface area contributed by atoms with Crippen LogP contribution < -0.4 is 10.4 Å². The molecule has 3 rings (SSSR count). The van der Waals surface area contributed by atoms with Gasteiger partial charge in [0.15, 0.2) is 0 Å². The molecule has 0 N–H and O–H groups in total. The second-order valence-electron chi connectivity index (χ2n) is 9.95. The first-order valence-electron chi connectivity index (χ1n) is 11.7. The van der Waals surface area contributed by atoms with Gasteiger partial charge in [0.05, 0.1) is 6.61 Å². The molecule has 0 unspecified atom stereocenters. The van der Waals surface area contributed by atoms with E-state index in [0.717, 1.165) is 13.0 Å². The van der Waals surface area contributed by atoms with Crippen LogP contribution >= 0.6 is 0 Å². The Hall–Kier alpha value is -1.91. The van der Waals surface area contributed by atoms with E-state index in [9.17, 15) is 4.79 Å². The van der Waals surface area contributed by atoms with Gasteiger partial charge in [0.25, 0.3) is 8.32 Å². The lowest BCUT2D eigenvalue weighted by molar-refractivity contribution is -0.143. The normalized spacial score (nSPS) is 19.6. The lowest BCUT2D eigenvalue weighted by Crippen LogP contribution is -2.66. The predicted molar refractivity (Wildman–Crippen MR) is 130 cm³/mol. The van der Waals surface area contributed by atoms with E-state index in [-0.39, 0.29) is 11.0 Å². The number of carbonyl (C=O) groups is 1. The molecule has 0 aromatic heterocycles. The molecule has 4 heteroatoms. The van der Waals surface area contributed by atoms with E-state index < -0.39 is 8.32 Å². The summed E-state index contributed by atoms with van der Waals surface area (Å²) in [6.45, 7) is 12.4. The molecular formula is C27H38O3Si. The summed E-state index contributed by atoms with van der Waals surface area (Å²) in [5.41, 5.74) is 0. The first-order valence-corrected chi connectivity index (χ1v) is 13.6. The van der Waals surface area contributed by atoms with E-state index in [4.69, 9.17) is 9.16 Å². The van der Waals surface area contributed by atoms with Crippen molar-refractivity contribution >= 4 is 24.7 Å². The third kappa shape index (κ3) is 5.47. The van der Waals surface area contributed by atoms with Crippen molar-refractivity contribution in [3.8, 4) is 0 Å². The van der Waals surface area contributed by atoms with E-state index in [2.05, 4.69) is 88.4 Å². The van der Waals surface area contributed by atoms with E-state index in [1.807, 2.05) is 6.92 Å². The summed E-state index contributed by atoms with van der Waals surface area (Å²) in [4.78, 5) is 11.7. The highest BCUT2D eigenvalue weighted by atomic mass is 28.4. The maximum absolute atomic E-state index is 11.7. The third-order valence-electron chi connectivity index (χ3n) is 6.75. The van der Waals surface area contributed by atoms with Crippen molar-refractivity contribution in [1.82, 2.24) is 0 Å². The number of hydrogen-bond donors (Lipinski definition) is 0. The second kappa shape index (κ2) is 10.1. The van der Waals surface area contributed by atoms with Gasteiger partial charge < -0.3 is 9.16 Å². The van der Waals surface area contributed by atoms with Crippen LogP contribution in [-0.4, -0.2) is 27.5 Å². The molecule has 0 spiro atoms. The summed E-state index contributed by atoms with van der Waals surface area (Å²) in [6, 6.07) is 21.7. The minimum absolute atomic E-state index is 0.00954. The Kier molecular flexibility index (Phi) is 7.76. The van der Waals surface area contributed by atoms with Gasteiger partial charge in [0, 0.05) is 13.0 Å². The molecule has 0 saturated heterocycles. The van der Waals surface area contributed by atoms with Crippen LogP contribution in [-0.2, 0) is 14.0 Å². The third-order valence-corrected chi connectivity index (χ3v) is 11.8. The summed E-state index contributed by atoms with van der Waals surface area (Å²) < 4.78 is 12.2. The zero-order valence-corrected chi connectivity index (χ0v) is 20.8. The predicted octanol–water partition coefficient (Wildman–Crippen LogP) is 5.18. The van der Waals surface area contributed by atoms with Gasteiger partial charge in [0.2, 0.25) is 0 Å². The smallest absolute Gasteiger partial charge is 0.305 e. The van der Waals surface area contributed by atoms with Gasteiger partial charge in [-0.05, 0) is 52.9 Å². The summed E-state index contributed by atoms with van der Waals surface area (Å²) in [5, 5.41) is 2.68. The summed E-state index contributed by atoms with van der Waals surface area (Å²) in [6.07, 6.45) is 2.62. The van der Waals surface area contributed by atoms with Gasteiger partial charge in [-0.3, -0.25) is 4.79 Å². The molecule has 2 aromatic rings. The van der Waals surface area contributed by atoms with Crippen molar-refractivity contribution in [2.24, 2.45) is 17.8 Å². The van der Waals surface area contributed by atoms with Crippen LogP contribution in [0.3, 0.4) is 0 Å². The number of hydrogen-bond acceptors (Lipinski definition) is 3. The maximum atomic E-state index is 11.7. The zero-order chi connectivity index (χ0) is 22.5. The summed E-state index contributed by atoms with van der Waals surface area (Å²) in [7, 11) is -2.46. The minimum atomic E-state index is -2.46. The van der Waals surface area contributed by atoms with Crippen molar-refractivity contribution < 1.29 is 14.0 Å². The Balaban J connectivity index is 1.75. The molecule has 0 bridgehead atoms. The van der Waals surface area contributed by atoms with Crippen LogP contribution in [0.2, 0.25) is 5.04 Å². The molecule has 168 valence electrons. The largest absolute Gasteiger partial charge is 0.466 e. The number of carbonyl (C=O) groups excluding carboxylic acids is 1. The van der Waals surface area contributed by atoms with Crippen molar-refractivity contribution in [2.45, 2.75) is 58.9 Å². The molecule has 1 aliphatic carbocycles. The molecule has 1 aliphatic rings. The van der Waals surface area contributed by atoms with E-state index in [1.54, 1.807) is 0 Å². The molecule has 3 nitrogen and oxygen atoms in total. The van der Waals surface area contributed by atoms with Crippen LogP contribution in [0.15, 0.2) is 60.7 Å². The van der Waals surface area contributed by atoms with E-state index in [1.165, 1.54) is 16.8 Å². The SMILES string of the molecule is CCOC(=O)CC[C@H](C)[C@H]1C[C@H]1CO[Si](c1ccccc1)(c1ccccc1)C(C)(C)C. The van der Waals surface area contributed by atoms with Gasteiger partial charge in [-0.1, -0.05) is 88.4 Å². The Morgan fingerprint density at radius 1 is 1.03 bits per heavy atom. The van der Waals surface area contributed by atoms with Gasteiger partial charge in [-0.15, -0.1) is 0 Å². The van der Waals surface area contributed by atoms with Crippen molar-refractivity contribution in [3.05, 3.63) is 60.7 Å². The summed E-state index contributed by atoms with van der Waals surface area (Å²) in [5.74, 6) is 1.68. The molecule has 0 radical (unpaired) electrons. The quantitative estimate of drug-likeness (QED) is 0.379. The first kappa shape index (κ1) is 23.7. The van der Waals surface area contributed by atoms with Gasteiger partial charge in [0.1, 0.15) is 0 Å². The number of esters is 1. The fourth-order valence-electron chi connectivity index (χ4n) is 4.95. The average molecular weight is 439 g/mol. The number of ether oxygens (including phenoxy) is 1. The molecule has 1 saturated carbocycles. The highest BCUT2D eigenvalue weighted by molar-refractivity contribution is 6.99. The van der Waals surface area contributed by atoms with Crippen molar-refractivity contribution in [3.63, 3.8) is 0 Å². The molecule has 0 heterocycles. The van der Waals surface area contributed by atoms with Crippen LogP contribution in [0.4, 0.5) is 0 Å².